The smallest absolute Gasteiger partial charge is 0.230 e. The van der Waals surface area contributed by atoms with Gasteiger partial charge in [0.25, 0.3) is 0 Å². The number of carbonyl (C=O) groups excluding carboxylic acids is 4. The first kappa shape index (κ1) is 9.50. The van der Waals surface area contributed by atoms with Gasteiger partial charge in [-0.2, -0.15) is 0 Å². The normalized spacial score (nSPS) is 41.5. The SMILES string of the molecule is O=C1NC(=O)[C@H]2C[C@H]3C(=O)NC(=O)[C@@H]3C[C@H]12. The lowest BCUT2D eigenvalue weighted by Crippen LogP contribution is -2.35. The first-order chi connectivity index (χ1) is 7.58. The van der Waals surface area contributed by atoms with Gasteiger partial charge < -0.3 is 0 Å². The first-order valence-electron chi connectivity index (χ1n) is 5.27. The third kappa shape index (κ3) is 1.07. The molecule has 2 saturated heterocycles. The number of rotatable bonds is 0. The Morgan fingerprint density at radius 3 is 1.12 bits per heavy atom. The lowest BCUT2D eigenvalue weighted by Gasteiger charge is -2.28. The highest BCUT2D eigenvalue weighted by atomic mass is 16.2. The molecule has 1 saturated carbocycles. The maximum atomic E-state index is 11.4. The lowest BCUT2D eigenvalue weighted by atomic mass is 9.70. The quantitative estimate of drug-likeness (QED) is 0.491. The van der Waals surface area contributed by atoms with Crippen LogP contribution >= 0.6 is 0 Å². The van der Waals surface area contributed by atoms with Crippen molar-refractivity contribution >= 4 is 23.6 Å². The number of imide groups is 2. The van der Waals surface area contributed by atoms with Crippen molar-refractivity contribution in [3.8, 4) is 0 Å². The van der Waals surface area contributed by atoms with Crippen LogP contribution in [0.1, 0.15) is 12.8 Å². The van der Waals surface area contributed by atoms with Gasteiger partial charge in [-0.15, -0.1) is 0 Å². The minimum absolute atomic E-state index is 0.305. The van der Waals surface area contributed by atoms with E-state index in [2.05, 4.69) is 10.6 Å². The van der Waals surface area contributed by atoms with Crippen LogP contribution < -0.4 is 10.6 Å². The Kier molecular flexibility index (Phi) is 1.72. The highest BCUT2D eigenvalue weighted by molar-refractivity contribution is 6.09. The summed E-state index contributed by atoms with van der Waals surface area (Å²) in [5, 5.41) is 4.51. The van der Waals surface area contributed by atoms with E-state index in [0.29, 0.717) is 12.8 Å². The van der Waals surface area contributed by atoms with E-state index in [4.69, 9.17) is 0 Å². The largest absolute Gasteiger partial charge is 0.296 e. The summed E-state index contributed by atoms with van der Waals surface area (Å²) in [6, 6.07) is 0. The van der Waals surface area contributed by atoms with Gasteiger partial charge >= 0.3 is 0 Å². The van der Waals surface area contributed by atoms with Gasteiger partial charge in [0.2, 0.25) is 23.6 Å². The van der Waals surface area contributed by atoms with Crippen LogP contribution in [0.15, 0.2) is 0 Å². The van der Waals surface area contributed by atoms with E-state index >= 15 is 0 Å². The lowest BCUT2D eigenvalue weighted by molar-refractivity contribution is -0.129. The van der Waals surface area contributed by atoms with Crippen molar-refractivity contribution < 1.29 is 19.2 Å². The molecule has 3 rings (SSSR count). The predicted octanol–water partition coefficient (Wildman–Crippen LogP) is -1.44. The Bertz CT molecular complexity index is 355. The molecule has 0 unspecified atom stereocenters. The third-order valence-electron chi connectivity index (χ3n) is 3.83. The molecule has 84 valence electrons. The number of hydrogen-bond donors (Lipinski definition) is 2. The average Bonchev–Trinajstić information content (AvgIpc) is 2.67. The van der Waals surface area contributed by atoms with Crippen LogP contribution in [0.2, 0.25) is 0 Å². The maximum absolute atomic E-state index is 11.4. The fraction of sp³-hybridized carbons (Fsp3) is 0.600. The molecule has 0 radical (unpaired) electrons. The highest BCUT2D eigenvalue weighted by Gasteiger charge is 2.54. The standard InChI is InChI=1S/C10H10N2O4/c13-7-3-1-4-6(10(16)12-8(4)14)2-5(3)9(15)11-7/h3-6H,1-2H2,(H,11,13,15)(H,12,14,16)/t3-,4+,5-,6+. The monoisotopic (exact) mass is 222 g/mol. The van der Waals surface area contributed by atoms with E-state index < -0.39 is 23.7 Å². The number of nitrogens with one attached hydrogen (secondary N) is 2. The molecule has 3 aliphatic rings. The van der Waals surface area contributed by atoms with Crippen molar-refractivity contribution in [3.63, 3.8) is 0 Å². The van der Waals surface area contributed by atoms with E-state index in [-0.39, 0.29) is 23.6 Å². The zero-order valence-electron chi connectivity index (χ0n) is 8.36. The van der Waals surface area contributed by atoms with Gasteiger partial charge in [-0.1, -0.05) is 0 Å². The van der Waals surface area contributed by atoms with Crippen molar-refractivity contribution in [1.29, 1.82) is 0 Å². The summed E-state index contributed by atoms with van der Waals surface area (Å²) in [6.07, 6.45) is 0.620. The van der Waals surface area contributed by atoms with Crippen molar-refractivity contribution in [2.24, 2.45) is 23.7 Å². The van der Waals surface area contributed by atoms with Crippen LogP contribution in [0.5, 0.6) is 0 Å². The van der Waals surface area contributed by atoms with Crippen molar-refractivity contribution in [2.45, 2.75) is 12.8 Å². The minimum Gasteiger partial charge on any atom is -0.296 e. The number of hydrogen-bond acceptors (Lipinski definition) is 4. The molecule has 2 aliphatic heterocycles. The van der Waals surface area contributed by atoms with Gasteiger partial charge in [-0.3, -0.25) is 29.8 Å². The molecule has 2 heterocycles. The summed E-state index contributed by atoms with van der Waals surface area (Å²) in [5.41, 5.74) is 0. The minimum atomic E-state index is -0.426. The van der Waals surface area contributed by atoms with Gasteiger partial charge in [0, 0.05) is 0 Å². The summed E-state index contributed by atoms with van der Waals surface area (Å²) < 4.78 is 0. The zero-order chi connectivity index (χ0) is 11.4. The second-order valence-corrected chi connectivity index (χ2v) is 4.60. The Labute approximate surface area is 90.8 Å². The van der Waals surface area contributed by atoms with Crippen LogP contribution in [-0.4, -0.2) is 23.6 Å². The van der Waals surface area contributed by atoms with E-state index in [1.807, 2.05) is 0 Å². The molecule has 0 aromatic heterocycles. The van der Waals surface area contributed by atoms with Gasteiger partial charge in [0.05, 0.1) is 23.7 Å². The van der Waals surface area contributed by atoms with Gasteiger partial charge in [-0.05, 0) is 12.8 Å². The van der Waals surface area contributed by atoms with Gasteiger partial charge in [-0.25, -0.2) is 0 Å². The zero-order valence-corrected chi connectivity index (χ0v) is 8.36. The van der Waals surface area contributed by atoms with Crippen LogP contribution in [0.4, 0.5) is 0 Å². The highest BCUT2D eigenvalue weighted by Crippen LogP contribution is 2.43. The van der Waals surface area contributed by atoms with Crippen LogP contribution in [0, 0.1) is 23.7 Å². The summed E-state index contributed by atoms with van der Waals surface area (Å²) in [7, 11) is 0. The number of fused-ring (bicyclic) bond motifs is 2. The molecule has 0 aromatic rings. The van der Waals surface area contributed by atoms with Crippen LogP contribution in [-0.2, 0) is 19.2 Å². The molecule has 1 aliphatic carbocycles. The Hall–Kier alpha value is -1.72. The Balaban J connectivity index is 1.92. The number of amides is 4. The molecule has 0 bridgehead atoms. The van der Waals surface area contributed by atoms with E-state index in [1.165, 1.54) is 0 Å². The third-order valence-corrected chi connectivity index (χ3v) is 3.83. The molecule has 0 aromatic carbocycles. The molecule has 4 amide bonds. The molecule has 2 N–H and O–H groups in total. The van der Waals surface area contributed by atoms with E-state index in [1.54, 1.807) is 0 Å². The van der Waals surface area contributed by atoms with Crippen molar-refractivity contribution in [1.82, 2.24) is 10.6 Å². The second kappa shape index (κ2) is 2.90. The van der Waals surface area contributed by atoms with Gasteiger partial charge in [0.1, 0.15) is 0 Å². The van der Waals surface area contributed by atoms with Gasteiger partial charge in [0.15, 0.2) is 0 Å². The summed E-state index contributed by atoms with van der Waals surface area (Å²) >= 11 is 0. The number of carbonyl (C=O) groups is 4. The molecular weight excluding hydrogens is 212 g/mol. The summed E-state index contributed by atoms with van der Waals surface area (Å²) in [5.74, 6) is -2.92. The molecule has 3 fully saturated rings. The molecule has 6 nitrogen and oxygen atoms in total. The molecule has 6 heteroatoms. The van der Waals surface area contributed by atoms with E-state index in [0.717, 1.165) is 0 Å². The van der Waals surface area contributed by atoms with Crippen molar-refractivity contribution in [2.75, 3.05) is 0 Å². The van der Waals surface area contributed by atoms with Crippen LogP contribution in [0.25, 0.3) is 0 Å². The second-order valence-electron chi connectivity index (χ2n) is 4.60. The summed E-state index contributed by atoms with van der Waals surface area (Å²) in [4.78, 5) is 45.8. The molecule has 4 atom stereocenters. The van der Waals surface area contributed by atoms with E-state index in [9.17, 15) is 19.2 Å². The fourth-order valence-electron chi connectivity index (χ4n) is 2.98. The Morgan fingerprint density at radius 2 is 0.875 bits per heavy atom. The van der Waals surface area contributed by atoms with Crippen molar-refractivity contribution in [3.05, 3.63) is 0 Å². The molecular formula is C10H10N2O4. The predicted molar refractivity (Wildman–Crippen MR) is 49.5 cm³/mol. The average molecular weight is 222 g/mol. The maximum Gasteiger partial charge on any atom is 0.230 e. The first-order valence-corrected chi connectivity index (χ1v) is 5.27. The molecule has 16 heavy (non-hydrogen) atoms. The Morgan fingerprint density at radius 1 is 0.625 bits per heavy atom. The molecule has 0 spiro atoms. The fourth-order valence-corrected chi connectivity index (χ4v) is 2.98. The van der Waals surface area contributed by atoms with Crippen LogP contribution in [0.3, 0.4) is 0 Å². The summed E-state index contributed by atoms with van der Waals surface area (Å²) in [6.45, 7) is 0. The topological polar surface area (TPSA) is 92.3 Å².